The maximum absolute atomic E-state index is 3.39. The first-order valence-electron chi connectivity index (χ1n) is 7.12. The summed E-state index contributed by atoms with van der Waals surface area (Å²) >= 11 is 2.00. The van der Waals surface area contributed by atoms with E-state index in [-0.39, 0.29) is 0 Å². The predicted octanol–water partition coefficient (Wildman–Crippen LogP) is 4.04. The molecule has 0 aromatic carbocycles. The molecule has 0 aromatic heterocycles. The van der Waals surface area contributed by atoms with E-state index in [1.807, 2.05) is 11.8 Å². The Morgan fingerprint density at radius 2 is 1.88 bits per heavy atom. The minimum Gasteiger partial charge on any atom is -0.319 e. The van der Waals surface area contributed by atoms with Gasteiger partial charge in [0.15, 0.2) is 0 Å². The molecule has 0 amide bonds. The van der Waals surface area contributed by atoms with Crippen LogP contribution in [0.3, 0.4) is 0 Å². The molecule has 0 aromatic rings. The molecule has 1 nitrogen and oxygen atoms in total. The summed E-state index contributed by atoms with van der Waals surface area (Å²) in [6.45, 7) is 8.47. The number of hydrogen-bond acceptors (Lipinski definition) is 2. The lowest BCUT2D eigenvalue weighted by molar-refractivity contribution is 0.0966. The second kappa shape index (κ2) is 7.04. The van der Waals surface area contributed by atoms with Gasteiger partial charge in [0.25, 0.3) is 0 Å². The van der Waals surface area contributed by atoms with E-state index in [2.05, 4.69) is 39.4 Å². The highest BCUT2D eigenvalue weighted by atomic mass is 32.2. The van der Waals surface area contributed by atoms with Crippen LogP contribution < -0.4 is 5.32 Å². The molecule has 1 aliphatic carbocycles. The fraction of sp³-hybridized carbons (Fsp3) is 1.00. The zero-order chi connectivity index (χ0) is 12.9. The molecule has 3 unspecified atom stereocenters. The van der Waals surface area contributed by atoms with Crippen LogP contribution in [0.2, 0.25) is 0 Å². The molecule has 0 spiro atoms. The van der Waals surface area contributed by atoms with Crippen molar-refractivity contribution in [3.63, 3.8) is 0 Å². The molecule has 3 atom stereocenters. The number of thioether (sulfide) groups is 1. The normalized spacial score (nSPS) is 30.5. The Morgan fingerprint density at radius 1 is 1.18 bits per heavy atom. The third-order valence-electron chi connectivity index (χ3n) is 4.52. The Bertz CT molecular complexity index is 209. The van der Waals surface area contributed by atoms with Gasteiger partial charge in [-0.3, -0.25) is 0 Å². The van der Waals surface area contributed by atoms with Crippen molar-refractivity contribution in [2.75, 3.05) is 25.6 Å². The fourth-order valence-corrected chi connectivity index (χ4v) is 3.81. The van der Waals surface area contributed by atoms with Crippen LogP contribution in [0.25, 0.3) is 0 Å². The number of hydrogen-bond donors (Lipinski definition) is 1. The summed E-state index contributed by atoms with van der Waals surface area (Å²) in [5, 5.41) is 3.39. The Labute approximate surface area is 113 Å². The minimum atomic E-state index is 0.502. The lowest BCUT2D eigenvalue weighted by atomic mass is 9.65. The van der Waals surface area contributed by atoms with E-state index in [0.717, 1.165) is 17.8 Å². The Hall–Kier alpha value is 0.310. The molecule has 102 valence electrons. The van der Waals surface area contributed by atoms with Crippen molar-refractivity contribution in [3.05, 3.63) is 0 Å². The largest absolute Gasteiger partial charge is 0.319 e. The molecule has 0 aliphatic heterocycles. The molecule has 0 saturated heterocycles. The molecule has 17 heavy (non-hydrogen) atoms. The average molecular weight is 257 g/mol. The molecule has 1 fully saturated rings. The Balaban J connectivity index is 2.56. The van der Waals surface area contributed by atoms with Gasteiger partial charge >= 0.3 is 0 Å². The highest BCUT2D eigenvalue weighted by Crippen LogP contribution is 2.43. The number of nitrogens with one attached hydrogen (secondary N) is 1. The van der Waals surface area contributed by atoms with Crippen LogP contribution in [0.15, 0.2) is 0 Å². The highest BCUT2D eigenvalue weighted by Gasteiger charge is 2.35. The number of rotatable bonds is 5. The van der Waals surface area contributed by atoms with Gasteiger partial charge in [-0.2, -0.15) is 11.8 Å². The van der Waals surface area contributed by atoms with Crippen molar-refractivity contribution in [2.24, 2.45) is 23.2 Å². The van der Waals surface area contributed by atoms with E-state index < -0.39 is 0 Å². The second-order valence-corrected chi connectivity index (χ2v) is 7.72. The van der Waals surface area contributed by atoms with Gasteiger partial charge < -0.3 is 5.32 Å². The second-order valence-electron chi connectivity index (χ2n) is 6.74. The van der Waals surface area contributed by atoms with Crippen molar-refractivity contribution in [3.8, 4) is 0 Å². The first-order chi connectivity index (χ1) is 7.99. The topological polar surface area (TPSA) is 12.0 Å². The van der Waals surface area contributed by atoms with Crippen molar-refractivity contribution in [1.82, 2.24) is 5.32 Å². The van der Waals surface area contributed by atoms with Crippen molar-refractivity contribution in [2.45, 2.75) is 46.5 Å². The van der Waals surface area contributed by atoms with Gasteiger partial charge in [0.1, 0.15) is 0 Å². The molecule has 0 radical (unpaired) electrons. The van der Waals surface area contributed by atoms with Gasteiger partial charge in [0, 0.05) is 0 Å². The zero-order valence-corrected chi connectivity index (χ0v) is 13.2. The summed E-state index contributed by atoms with van der Waals surface area (Å²) in [4.78, 5) is 0. The standard InChI is InChI=1S/C15H31NS/c1-15(2,3)14-7-6-13(11-16-4)12(10-14)8-9-17-5/h12-14,16H,6-11H2,1-5H3. The molecule has 1 aliphatic rings. The Morgan fingerprint density at radius 3 is 2.41 bits per heavy atom. The van der Waals surface area contributed by atoms with Crippen LogP contribution in [0.4, 0.5) is 0 Å². The Kier molecular flexibility index (Phi) is 6.36. The van der Waals surface area contributed by atoms with Gasteiger partial charge in [0.05, 0.1) is 0 Å². The van der Waals surface area contributed by atoms with Crippen molar-refractivity contribution in [1.29, 1.82) is 0 Å². The lowest BCUT2D eigenvalue weighted by Crippen LogP contribution is -2.36. The summed E-state index contributed by atoms with van der Waals surface area (Å²) in [7, 11) is 2.10. The molecule has 0 heterocycles. The molecule has 1 saturated carbocycles. The third-order valence-corrected chi connectivity index (χ3v) is 5.17. The van der Waals surface area contributed by atoms with E-state index in [4.69, 9.17) is 0 Å². The quantitative estimate of drug-likeness (QED) is 0.798. The van der Waals surface area contributed by atoms with E-state index in [9.17, 15) is 0 Å². The smallest absolute Gasteiger partial charge is 0.00209 e. The predicted molar refractivity (Wildman–Crippen MR) is 80.7 cm³/mol. The summed E-state index contributed by atoms with van der Waals surface area (Å²) in [5.41, 5.74) is 0.502. The summed E-state index contributed by atoms with van der Waals surface area (Å²) < 4.78 is 0. The average Bonchev–Trinajstić information content (AvgIpc) is 2.26. The van der Waals surface area contributed by atoms with Gasteiger partial charge in [-0.05, 0) is 74.5 Å². The van der Waals surface area contributed by atoms with Gasteiger partial charge in [-0.25, -0.2) is 0 Å². The molecule has 1 rings (SSSR count). The summed E-state index contributed by atoms with van der Waals surface area (Å²) in [6, 6.07) is 0. The molecule has 0 bridgehead atoms. The maximum Gasteiger partial charge on any atom is -0.00209 e. The molecule has 2 heteroatoms. The monoisotopic (exact) mass is 257 g/mol. The van der Waals surface area contributed by atoms with Crippen molar-refractivity contribution < 1.29 is 0 Å². The van der Waals surface area contributed by atoms with Gasteiger partial charge in [-0.1, -0.05) is 20.8 Å². The van der Waals surface area contributed by atoms with Gasteiger partial charge in [-0.15, -0.1) is 0 Å². The van der Waals surface area contributed by atoms with Crippen LogP contribution in [0, 0.1) is 23.2 Å². The first kappa shape index (κ1) is 15.4. The van der Waals surface area contributed by atoms with Crippen LogP contribution in [-0.4, -0.2) is 25.6 Å². The molecule has 1 N–H and O–H groups in total. The van der Waals surface area contributed by atoms with Crippen LogP contribution in [0.5, 0.6) is 0 Å². The molecular weight excluding hydrogens is 226 g/mol. The van der Waals surface area contributed by atoms with E-state index in [1.54, 1.807) is 0 Å². The summed E-state index contributed by atoms with van der Waals surface area (Å²) in [6.07, 6.45) is 7.97. The minimum absolute atomic E-state index is 0.502. The lowest BCUT2D eigenvalue weighted by Gasteiger charge is -2.42. The van der Waals surface area contributed by atoms with Crippen LogP contribution in [-0.2, 0) is 0 Å². The zero-order valence-electron chi connectivity index (χ0n) is 12.4. The maximum atomic E-state index is 3.39. The van der Waals surface area contributed by atoms with E-state index >= 15 is 0 Å². The third kappa shape index (κ3) is 4.82. The fourth-order valence-electron chi connectivity index (χ4n) is 3.27. The highest BCUT2D eigenvalue weighted by molar-refractivity contribution is 7.98. The summed E-state index contributed by atoms with van der Waals surface area (Å²) in [5.74, 6) is 4.14. The SMILES string of the molecule is CNCC1CCC(C(C)(C)C)CC1CCSC. The van der Waals surface area contributed by atoms with Crippen molar-refractivity contribution >= 4 is 11.8 Å². The first-order valence-corrected chi connectivity index (χ1v) is 8.52. The van der Waals surface area contributed by atoms with Gasteiger partial charge in [0.2, 0.25) is 0 Å². The van der Waals surface area contributed by atoms with E-state index in [0.29, 0.717) is 5.41 Å². The van der Waals surface area contributed by atoms with E-state index in [1.165, 1.54) is 38.0 Å². The van der Waals surface area contributed by atoms with Crippen LogP contribution >= 0.6 is 11.8 Å². The van der Waals surface area contributed by atoms with Crippen LogP contribution in [0.1, 0.15) is 46.5 Å². The molecular formula is C15H31NS.